The third-order valence-electron chi connectivity index (χ3n) is 9.64. The topological polar surface area (TPSA) is 130 Å². The van der Waals surface area contributed by atoms with Crippen molar-refractivity contribution in [2.75, 3.05) is 26.1 Å². The van der Waals surface area contributed by atoms with E-state index in [1.165, 1.54) is 24.1 Å². The van der Waals surface area contributed by atoms with E-state index in [1.54, 1.807) is 38.5 Å². The number of aromatic nitrogens is 4. The van der Waals surface area contributed by atoms with Gasteiger partial charge in [0.2, 0.25) is 0 Å². The number of hydrogen-bond donors (Lipinski definition) is 2. The van der Waals surface area contributed by atoms with Crippen molar-refractivity contribution in [3.05, 3.63) is 144 Å². The van der Waals surface area contributed by atoms with Crippen LogP contribution < -0.4 is 5.32 Å². The van der Waals surface area contributed by atoms with Crippen molar-refractivity contribution < 1.29 is 33.2 Å². The molecule has 1 amide bonds. The third-order valence-corrected chi connectivity index (χ3v) is 9.64. The first-order valence-corrected chi connectivity index (χ1v) is 16.5. The van der Waals surface area contributed by atoms with Gasteiger partial charge < -0.3 is 29.4 Å². The Morgan fingerprint density at radius 1 is 0.980 bits per heavy atom. The van der Waals surface area contributed by atoms with E-state index in [9.17, 15) is 9.90 Å². The lowest BCUT2D eigenvalue weighted by Crippen LogP contribution is -2.43. The maximum atomic E-state index is 16.7. The summed E-state index contributed by atoms with van der Waals surface area (Å²) in [5, 5.41) is 14.2. The van der Waals surface area contributed by atoms with Gasteiger partial charge in [-0.05, 0) is 41.8 Å². The van der Waals surface area contributed by atoms with Gasteiger partial charge in [0, 0.05) is 26.2 Å². The molecule has 5 aromatic rings. The molecule has 2 aromatic heterocycles. The molecule has 2 N–H and O–H groups in total. The molecule has 1 saturated heterocycles. The first-order chi connectivity index (χ1) is 24.7. The second-order valence-electron chi connectivity index (χ2n) is 12.6. The van der Waals surface area contributed by atoms with Crippen molar-refractivity contribution >= 4 is 22.9 Å². The lowest BCUT2D eigenvalue weighted by atomic mass is 9.77. The molecule has 3 heterocycles. The van der Waals surface area contributed by atoms with Gasteiger partial charge >= 0.3 is 0 Å². The summed E-state index contributed by atoms with van der Waals surface area (Å²) in [4.78, 5) is 25.8. The fraction of sp³-hybridized carbons (Fsp3) is 0.282. The highest BCUT2D eigenvalue weighted by Gasteiger charge is 2.56. The van der Waals surface area contributed by atoms with Gasteiger partial charge in [-0.1, -0.05) is 91.0 Å². The third kappa shape index (κ3) is 6.15. The minimum atomic E-state index is -2.29. The number of imidazole rings is 1. The minimum absolute atomic E-state index is 0.155. The SMILES string of the molecule is COC1(OC)C=CC(C(OC[C@H]2O[C@@H](n3cnc4c(NC(=O)c5ccccc5)ncnc43)[C@](C)(F)[C@@H]2O)(c2ccccc2)c2ccccc2)=CC1. The van der Waals surface area contributed by atoms with Crippen LogP contribution in [0.1, 0.15) is 41.1 Å². The molecule has 1 fully saturated rings. The van der Waals surface area contributed by atoms with Crippen molar-refractivity contribution in [2.45, 2.75) is 48.8 Å². The van der Waals surface area contributed by atoms with Crippen LogP contribution in [0, 0.1) is 0 Å². The summed E-state index contributed by atoms with van der Waals surface area (Å²) in [6.07, 6.45) is 4.78. The number of aliphatic hydroxyl groups is 1. The Hall–Kier alpha value is -5.11. The van der Waals surface area contributed by atoms with E-state index < -0.39 is 35.5 Å². The second kappa shape index (κ2) is 13.9. The summed E-state index contributed by atoms with van der Waals surface area (Å²) in [6.45, 7) is 1.09. The van der Waals surface area contributed by atoms with Crippen LogP contribution in [0.5, 0.6) is 0 Å². The van der Waals surface area contributed by atoms with Crippen LogP contribution in [0.25, 0.3) is 11.2 Å². The number of carbonyl (C=O) groups excluding carboxylic acids is 1. The lowest BCUT2D eigenvalue weighted by molar-refractivity contribution is -0.168. The number of hydrogen-bond acceptors (Lipinski definition) is 9. The molecule has 11 nitrogen and oxygen atoms in total. The summed E-state index contributed by atoms with van der Waals surface area (Å²) < 4.78 is 42.7. The zero-order valence-electron chi connectivity index (χ0n) is 28.3. The number of benzene rings is 3. The van der Waals surface area contributed by atoms with Gasteiger partial charge in [-0.15, -0.1) is 0 Å². The van der Waals surface area contributed by atoms with Gasteiger partial charge in [0.05, 0.1) is 12.9 Å². The maximum absolute atomic E-state index is 16.7. The number of rotatable bonds is 11. The van der Waals surface area contributed by atoms with Gasteiger partial charge in [-0.25, -0.2) is 19.3 Å². The van der Waals surface area contributed by atoms with E-state index in [1.807, 2.05) is 85.0 Å². The number of fused-ring (bicyclic) bond motifs is 1. The number of carbonyl (C=O) groups is 1. The van der Waals surface area contributed by atoms with Crippen LogP contribution >= 0.6 is 0 Å². The summed E-state index contributed by atoms with van der Waals surface area (Å²) in [5.74, 6) is -1.16. The minimum Gasteiger partial charge on any atom is -0.387 e. The van der Waals surface area contributed by atoms with Crippen molar-refractivity contribution in [3.8, 4) is 0 Å². The fourth-order valence-corrected chi connectivity index (χ4v) is 6.79. The fourth-order valence-electron chi connectivity index (χ4n) is 6.79. The Morgan fingerprint density at radius 3 is 2.20 bits per heavy atom. The van der Waals surface area contributed by atoms with Crippen molar-refractivity contribution in [3.63, 3.8) is 0 Å². The first kappa shape index (κ1) is 34.3. The van der Waals surface area contributed by atoms with E-state index in [2.05, 4.69) is 20.3 Å². The number of aliphatic hydroxyl groups excluding tert-OH is 1. The number of ether oxygens (including phenoxy) is 4. The van der Waals surface area contributed by atoms with E-state index in [4.69, 9.17) is 18.9 Å². The molecular formula is C39H38FN5O6. The average Bonchev–Trinajstić information content (AvgIpc) is 3.71. The van der Waals surface area contributed by atoms with E-state index in [0.717, 1.165) is 16.7 Å². The van der Waals surface area contributed by atoms with Gasteiger partial charge in [0.1, 0.15) is 24.1 Å². The molecule has 12 heteroatoms. The quantitative estimate of drug-likeness (QED) is 0.163. The molecule has 0 unspecified atom stereocenters. The number of nitrogens with one attached hydrogen (secondary N) is 1. The molecule has 7 rings (SSSR count). The largest absolute Gasteiger partial charge is 0.387 e. The smallest absolute Gasteiger partial charge is 0.256 e. The Kier molecular flexibility index (Phi) is 9.36. The zero-order valence-corrected chi connectivity index (χ0v) is 28.3. The van der Waals surface area contributed by atoms with Crippen molar-refractivity contribution in [2.24, 2.45) is 0 Å². The highest BCUT2D eigenvalue weighted by atomic mass is 19.1. The molecule has 0 spiro atoms. The van der Waals surface area contributed by atoms with Crippen LogP contribution in [0.15, 0.2) is 127 Å². The molecular weight excluding hydrogens is 653 g/mol. The summed E-state index contributed by atoms with van der Waals surface area (Å²) in [5.41, 5.74) is -0.127. The second-order valence-corrected chi connectivity index (χ2v) is 12.6. The molecule has 51 heavy (non-hydrogen) atoms. The highest BCUT2D eigenvalue weighted by molar-refractivity contribution is 6.06. The van der Waals surface area contributed by atoms with Gasteiger partial charge in [0.15, 0.2) is 34.7 Å². The number of methoxy groups -OCH3 is 2. The zero-order chi connectivity index (χ0) is 35.6. The van der Waals surface area contributed by atoms with Gasteiger partial charge in [0.25, 0.3) is 5.91 Å². The summed E-state index contributed by atoms with van der Waals surface area (Å²) >= 11 is 0. The van der Waals surface area contributed by atoms with Gasteiger partial charge in [-0.3, -0.25) is 9.36 Å². The van der Waals surface area contributed by atoms with Crippen LogP contribution in [0.3, 0.4) is 0 Å². The van der Waals surface area contributed by atoms with Crippen LogP contribution in [0.2, 0.25) is 0 Å². The summed E-state index contributed by atoms with van der Waals surface area (Å²) in [7, 11) is 3.18. The van der Waals surface area contributed by atoms with E-state index in [-0.39, 0.29) is 29.5 Å². The molecule has 262 valence electrons. The van der Waals surface area contributed by atoms with Crippen LogP contribution in [0.4, 0.5) is 10.2 Å². The number of alkyl halides is 1. The van der Waals surface area contributed by atoms with Gasteiger partial charge in [-0.2, -0.15) is 0 Å². The standard InChI is InChI=1S/C39H38FN5O6/c1-37(40)32(46)30(51-36(37)45-25-43-31-33(41-24-42-34(31)45)44-35(47)26-13-7-4-8-14-26)23-50-39(27-15-9-5-10-16-27,28-17-11-6-12-18-28)29-19-21-38(48-2,49-3)22-20-29/h4-21,24-25,30,32,36,46H,22-23H2,1-3H3,(H,41,42,44,47)/t30-,32-,36-,37-/m1/s1. The average molecular weight is 692 g/mol. The highest BCUT2D eigenvalue weighted by Crippen LogP contribution is 2.47. The Labute approximate surface area is 294 Å². The molecule has 0 radical (unpaired) electrons. The Balaban J connectivity index is 1.21. The van der Waals surface area contributed by atoms with E-state index >= 15 is 4.39 Å². The monoisotopic (exact) mass is 691 g/mol. The normalized spacial score (nSPS) is 22.9. The molecule has 3 aromatic carbocycles. The number of nitrogens with zero attached hydrogens (tertiary/aromatic N) is 4. The molecule has 4 atom stereocenters. The number of anilines is 1. The maximum Gasteiger partial charge on any atom is 0.256 e. The molecule has 1 aliphatic heterocycles. The van der Waals surface area contributed by atoms with Crippen LogP contribution in [-0.4, -0.2) is 75.0 Å². The molecule has 1 aliphatic carbocycles. The number of halogens is 1. The predicted octanol–water partition coefficient (Wildman–Crippen LogP) is 5.90. The van der Waals surface area contributed by atoms with Crippen molar-refractivity contribution in [1.82, 2.24) is 19.5 Å². The number of amides is 1. The van der Waals surface area contributed by atoms with E-state index in [0.29, 0.717) is 12.0 Å². The lowest BCUT2D eigenvalue weighted by Gasteiger charge is -2.40. The Morgan fingerprint density at radius 2 is 1.61 bits per heavy atom. The summed E-state index contributed by atoms with van der Waals surface area (Å²) in [6, 6.07) is 28.1. The molecule has 2 aliphatic rings. The first-order valence-electron chi connectivity index (χ1n) is 16.5. The Bertz CT molecular complexity index is 2010. The van der Waals surface area contributed by atoms with Crippen molar-refractivity contribution in [1.29, 1.82) is 0 Å². The molecule has 0 saturated carbocycles. The predicted molar refractivity (Wildman–Crippen MR) is 187 cm³/mol. The molecule has 0 bridgehead atoms. The van der Waals surface area contributed by atoms with Crippen LogP contribution in [-0.2, 0) is 24.5 Å².